The fourth-order valence-corrected chi connectivity index (χ4v) is 1.87. The molecule has 0 saturated carbocycles. The van der Waals surface area contributed by atoms with Crippen LogP contribution in [0.25, 0.3) is 11.0 Å². The zero-order valence-corrected chi connectivity index (χ0v) is 11.5. The highest BCUT2D eigenvalue weighted by atomic mass is 16.3. The summed E-state index contributed by atoms with van der Waals surface area (Å²) in [6.45, 7) is 5.56. The lowest BCUT2D eigenvalue weighted by Gasteiger charge is -2.18. The van der Waals surface area contributed by atoms with E-state index in [9.17, 15) is 4.79 Å². The molecule has 0 aliphatic rings. The monoisotopic (exact) mass is 260 g/mol. The lowest BCUT2D eigenvalue weighted by atomic mass is 10.0. The Kier molecular flexibility index (Phi) is 3.90. The van der Waals surface area contributed by atoms with Crippen LogP contribution < -0.4 is 11.1 Å². The molecule has 0 aliphatic heterocycles. The average Bonchev–Trinajstić information content (AvgIpc) is 2.81. The van der Waals surface area contributed by atoms with E-state index in [1.54, 1.807) is 0 Å². The van der Waals surface area contributed by atoms with Gasteiger partial charge in [-0.05, 0) is 26.0 Å². The molecule has 1 aromatic carbocycles. The fraction of sp³-hybridized carbons (Fsp3) is 0.400. The van der Waals surface area contributed by atoms with Crippen LogP contribution in [0.4, 0.5) is 0 Å². The molecule has 19 heavy (non-hydrogen) atoms. The molecule has 2 aromatic rings. The van der Waals surface area contributed by atoms with Gasteiger partial charge in [0.2, 0.25) is 5.91 Å². The van der Waals surface area contributed by atoms with E-state index in [4.69, 9.17) is 10.2 Å². The number of fused-ring (bicyclic) bond motifs is 1. The summed E-state index contributed by atoms with van der Waals surface area (Å²) in [6, 6.07) is 9.42. The molecule has 1 amide bonds. The van der Waals surface area contributed by atoms with Crippen molar-refractivity contribution in [2.45, 2.75) is 32.9 Å². The van der Waals surface area contributed by atoms with Crippen molar-refractivity contribution < 1.29 is 9.21 Å². The second kappa shape index (κ2) is 5.45. The third kappa shape index (κ3) is 2.96. The first kappa shape index (κ1) is 13.6. The van der Waals surface area contributed by atoms with Crippen LogP contribution in [0.3, 0.4) is 0 Å². The van der Waals surface area contributed by atoms with Gasteiger partial charge in [0.05, 0.1) is 6.04 Å². The van der Waals surface area contributed by atoms with Gasteiger partial charge in [-0.1, -0.05) is 25.1 Å². The fourth-order valence-electron chi connectivity index (χ4n) is 1.87. The molecule has 4 nitrogen and oxygen atoms in total. The number of benzene rings is 1. The van der Waals surface area contributed by atoms with Crippen molar-refractivity contribution in [3.63, 3.8) is 0 Å². The maximum absolute atomic E-state index is 12.0. The van der Waals surface area contributed by atoms with E-state index in [0.29, 0.717) is 0 Å². The van der Waals surface area contributed by atoms with Crippen molar-refractivity contribution in [2.75, 3.05) is 0 Å². The van der Waals surface area contributed by atoms with Crippen molar-refractivity contribution in [1.82, 2.24) is 5.32 Å². The number of para-hydroxylation sites is 1. The minimum absolute atomic E-state index is 0.0528. The van der Waals surface area contributed by atoms with E-state index in [1.165, 1.54) is 0 Å². The minimum Gasteiger partial charge on any atom is -0.459 e. The normalized spacial score (nSPS) is 16.0. The van der Waals surface area contributed by atoms with Gasteiger partial charge < -0.3 is 15.5 Å². The van der Waals surface area contributed by atoms with E-state index in [-0.39, 0.29) is 23.9 Å². The third-order valence-corrected chi connectivity index (χ3v) is 3.43. The van der Waals surface area contributed by atoms with Gasteiger partial charge >= 0.3 is 0 Å². The van der Waals surface area contributed by atoms with E-state index in [2.05, 4.69) is 5.32 Å². The average molecular weight is 260 g/mol. The molecule has 0 saturated heterocycles. The van der Waals surface area contributed by atoms with Gasteiger partial charge in [0.1, 0.15) is 11.3 Å². The second-order valence-electron chi connectivity index (χ2n) is 5.06. The molecule has 2 rings (SSSR count). The topological polar surface area (TPSA) is 68.3 Å². The van der Waals surface area contributed by atoms with Gasteiger partial charge in [0.25, 0.3) is 0 Å². The first-order chi connectivity index (χ1) is 8.99. The Bertz CT molecular complexity index is 541. The van der Waals surface area contributed by atoms with E-state index >= 15 is 0 Å². The van der Waals surface area contributed by atoms with Gasteiger partial charge in [0, 0.05) is 17.3 Å². The predicted molar refractivity (Wildman–Crippen MR) is 75.6 cm³/mol. The Hall–Kier alpha value is -1.81. The molecule has 0 radical (unpaired) electrons. The molecule has 0 bridgehead atoms. The Morgan fingerprint density at radius 1 is 1.26 bits per heavy atom. The molecule has 3 atom stereocenters. The predicted octanol–water partition coefficient (Wildman–Crippen LogP) is 2.59. The number of furan rings is 1. The highest BCUT2D eigenvalue weighted by Crippen LogP contribution is 2.23. The number of nitrogens with one attached hydrogen (secondary N) is 1. The lowest BCUT2D eigenvalue weighted by Crippen LogP contribution is -2.39. The minimum atomic E-state index is -0.216. The lowest BCUT2D eigenvalue weighted by molar-refractivity contribution is -0.125. The molecule has 0 spiro atoms. The van der Waals surface area contributed by atoms with Crippen LogP contribution in [0.15, 0.2) is 34.7 Å². The summed E-state index contributed by atoms with van der Waals surface area (Å²) < 4.78 is 5.72. The summed E-state index contributed by atoms with van der Waals surface area (Å²) in [6.07, 6.45) is 0. The molecular formula is C15H20N2O2. The first-order valence-corrected chi connectivity index (χ1v) is 6.53. The van der Waals surface area contributed by atoms with Crippen LogP contribution in [-0.2, 0) is 4.79 Å². The summed E-state index contributed by atoms with van der Waals surface area (Å²) in [7, 11) is 0. The summed E-state index contributed by atoms with van der Waals surface area (Å²) in [5.41, 5.74) is 6.56. The van der Waals surface area contributed by atoms with Gasteiger partial charge in [0.15, 0.2) is 0 Å². The SMILES string of the molecule is CC(NC(=O)C(C)C(C)N)c1cc2ccccc2o1. The maximum Gasteiger partial charge on any atom is 0.224 e. The summed E-state index contributed by atoms with van der Waals surface area (Å²) in [5, 5.41) is 3.97. The van der Waals surface area contributed by atoms with Gasteiger partial charge in [-0.3, -0.25) is 4.79 Å². The number of amides is 1. The number of carbonyl (C=O) groups is 1. The maximum atomic E-state index is 12.0. The Morgan fingerprint density at radius 3 is 2.58 bits per heavy atom. The van der Waals surface area contributed by atoms with Crippen LogP contribution in [0, 0.1) is 5.92 Å². The first-order valence-electron chi connectivity index (χ1n) is 6.53. The van der Waals surface area contributed by atoms with E-state index in [1.807, 2.05) is 51.1 Å². The Labute approximate surface area is 113 Å². The number of hydrogen-bond donors (Lipinski definition) is 2. The molecular weight excluding hydrogens is 240 g/mol. The molecule has 4 heteroatoms. The van der Waals surface area contributed by atoms with E-state index < -0.39 is 0 Å². The third-order valence-electron chi connectivity index (χ3n) is 3.43. The van der Waals surface area contributed by atoms with E-state index in [0.717, 1.165) is 16.7 Å². The molecule has 3 unspecified atom stereocenters. The molecule has 3 N–H and O–H groups in total. The zero-order valence-electron chi connectivity index (χ0n) is 11.5. The zero-order chi connectivity index (χ0) is 14.0. The quantitative estimate of drug-likeness (QED) is 0.887. The van der Waals surface area contributed by atoms with Gasteiger partial charge in [-0.2, -0.15) is 0 Å². The number of carbonyl (C=O) groups excluding carboxylic acids is 1. The van der Waals surface area contributed by atoms with Crippen LogP contribution >= 0.6 is 0 Å². The Balaban J connectivity index is 2.11. The molecule has 102 valence electrons. The van der Waals surface area contributed by atoms with Gasteiger partial charge in [-0.15, -0.1) is 0 Å². The molecule has 1 aromatic heterocycles. The largest absolute Gasteiger partial charge is 0.459 e. The number of hydrogen-bond acceptors (Lipinski definition) is 3. The summed E-state index contributed by atoms with van der Waals surface area (Å²) in [5.74, 6) is 0.487. The van der Waals surface area contributed by atoms with Crippen molar-refractivity contribution in [3.05, 3.63) is 36.1 Å². The van der Waals surface area contributed by atoms with Crippen LogP contribution in [0.1, 0.15) is 32.6 Å². The molecule has 0 aliphatic carbocycles. The van der Waals surface area contributed by atoms with Crippen molar-refractivity contribution in [3.8, 4) is 0 Å². The highest BCUT2D eigenvalue weighted by Gasteiger charge is 2.20. The van der Waals surface area contributed by atoms with Crippen molar-refractivity contribution in [2.24, 2.45) is 11.7 Å². The number of rotatable bonds is 4. The highest BCUT2D eigenvalue weighted by molar-refractivity contribution is 5.80. The van der Waals surface area contributed by atoms with Crippen LogP contribution in [0.2, 0.25) is 0 Å². The standard InChI is InChI=1S/C15H20N2O2/c1-9(10(2)16)15(18)17-11(3)14-8-12-6-4-5-7-13(12)19-14/h4-11H,16H2,1-3H3,(H,17,18). The Morgan fingerprint density at radius 2 is 1.95 bits per heavy atom. The summed E-state index contributed by atoms with van der Waals surface area (Å²) >= 11 is 0. The van der Waals surface area contributed by atoms with Crippen molar-refractivity contribution in [1.29, 1.82) is 0 Å². The van der Waals surface area contributed by atoms with Crippen LogP contribution in [0.5, 0.6) is 0 Å². The molecule has 1 heterocycles. The number of nitrogens with two attached hydrogens (primary N) is 1. The van der Waals surface area contributed by atoms with Crippen molar-refractivity contribution >= 4 is 16.9 Å². The van der Waals surface area contributed by atoms with Gasteiger partial charge in [-0.25, -0.2) is 0 Å². The second-order valence-corrected chi connectivity index (χ2v) is 5.06. The summed E-state index contributed by atoms with van der Waals surface area (Å²) in [4.78, 5) is 12.0. The smallest absolute Gasteiger partial charge is 0.224 e. The van der Waals surface area contributed by atoms with Crippen LogP contribution in [-0.4, -0.2) is 11.9 Å². The molecule has 0 fully saturated rings.